The first-order valence-electron chi connectivity index (χ1n) is 7.68. The van der Waals surface area contributed by atoms with E-state index in [1.807, 2.05) is 12.1 Å². The minimum atomic E-state index is -0.370. The Labute approximate surface area is 143 Å². The second-order valence-electron chi connectivity index (χ2n) is 5.76. The topological polar surface area (TPSA) is 79.4 Å². The number of benzene rings is 2. The third-order valence-corrected chi connectivity index (χ3v) is 4.24. The van der Waals surface area contributed by atoms with Crippen LogP contribution in [0.15, 0.2) is 54.7 Å². The molecule has 1 aliphatic heterocycles. The second kappa shape index (κ2) is 5.52. The molecule has 3 aromatic rings. The molecule has 0 unspecified atom stereocenters. The molecule has 0 fully saturated rings. The Hall–Kier alpha value is -3.54. The van der Waals surface area contributed by atoms with Gasteiger partial charge in [-0.25, -0.2) is 0 Å². The molecule has 2 heterocycles. The summed E-state index contributed by atoms with van der Waals surface area (Å²) in [6.07, 6.45) is 1.67. The first-order valence-corrected chi connectivity index (χ1v) is 7.68. The van der Waals surface area contributed by atoms with Gasteiger partial charge in [0, 0.05) is 29.9 Å². The average molecular weight is 331 g/mol. The van der Waals surface area contributed by atoms with Crippen molar-refractivity contribution < 1.29 is 14.4 Å². The molecule has 1 aromatic heterocycles. The third kappa shape index (κ3) is 2.35. The van der Waals surface area contributed by atoms with Crippen molar-refractivity contribution in [3.05, 3.63) is 71.4 Å². The van der Waals surface area contributed by atoms with Crippen molar-refractivity contribution in [2.45, 2.75) is 0 Å². The van der Waals surface area contributed by atoms with Crippen LogP contribution in [0.2, 0.25) is 0 Å². The number of carbonyl (C=O) groups is 3. The predicted molar refractivity (Wildman–Crippen MR) is 92.6 cm³/mol. The number of hydrogen-bond donors (Lipinski definition) is 1. The molecule has 6 heteroatoms. The van der Waals surface area contributed by atoms with Crippen molar-refractivity contribution in [3.63, 3.8) is 0 Å². The zero-order chi connectivity index (χ0) is 17.6. The Bertz CT molecular complexity index is 1050. The number of aromatic nitrogens is 1. The SMILES string of the molecule is CN1C(=O)c2ccc(NC(=O)c3cccc4ncccc34)cc2C1=O. The average Bonchev–Trinajstić information content (AvgIpc) is 2.85. The Balaban J connectivity index is 1.68. The summed E-state index contributed by atoms with van der Waals surface area (Å²) in [5.41, 5.74) is 2.32. The first kappa shape index (κ1) is 15.0. The van der Waals surface area contributed by atoms with Gasteiger partial charge in [-0.15, -0.1) is 0 Å². The van der Waals surface area contributed by atoms with E-state index in [2.05, 4.69) is 10.3 Å². The molecule has 0 atom stereocenters. The van der Waals surface area contributed by atoms with Crippen LogP contribution in [-0.4, -0.2) is 34.7 Å². The Morgan fingerprint density at radius 1 is 1.00 bits per heavy atom. The maximum atomic E-state index is 12.6. The summed E-state index contributed by atoms with van der Waals surface area (Å²) in [6, 6.07) is 13.6. The van der Waals surface area contributed by atoms with Gasteiger partial charge in [0.2, 0.25) is 0 Å². The van der Waals surface area contributed by atoms with Gasteiger partial charge in [-0.1, -0.05) is 12.1 Å². The smallest absolute Gasteiger partial charge is 0.261 e. The van der Waals surface area contributed by atoms with Gasteiger partial charge in [-0.3, -0.25) is 24.3 Å². The number of pyridine rings is 1. The molecule has 0 aliphatic carbocycles. The summed E-state index contributed by atoms with van der Waals surface area (Å²) in [6.45, 7) is 0. The minimum Gasteiger partial charge on any atom is -0.322 e. The number of nitrogens with zero attached hydrogens (tertiary/aromatic N) is 2. The van der Waals surface area contributed by atoms with E-state index >= 15 is 0 Å². The molecule has 0 saturated carbocycles. The van der Waals surface area contributed by atoms with Crippen LogP contribution < -0.4 is 5.32 Å². The van der Waals surface area contributed by atoms with Crippen LogP contribution in [0.5, 0.6) is 0 Å². The zero-order valence-electron chi connectivity index (χ0n) is 13.3. The van der Waals surface area contributed by atoms with Crippen molar-refractivity contribution in [1.82, 2.24) is 9.88 Å². The molecule has 1 N–H and O–H groups in total. The van der Waals surface area contributed by atoms with Crippen LogP contribution in [0.3, 0.4) is 0 Å². The maximum Gasteiger partial charge on any atom is 0.261 e. The molecule has 3 amide bonds. The molecule has 0 saturated heterocycles. The standard InChI is InChI=1S/C19H13N3O3/c1-22-18(24)14-8-7-11(10-15(14)19(22)25)21-17(23)13-4-2-6-16-12(13)5-3-9-20-16/h2-10H,1H3,(H,21,23). The van der Waals surface area contributed by atoms with Crippen LogP contribution >= 0.6 is 0 Å². The van der Waals surface area contributed by atoms with Gasteiger partial charge in [0.1, 0.15) is 0 Å². The van der Waals surface area contributed by atoms with Gasteiger partial charge in [0.05, 0.1) is 16.6 Å². The molecule has 0 bridgehead atoms. The molecule has 2 aromatic carbocycles. The van der Waals surface area contributed by atoms with Crippen molar-refractivity contribution in [1.29, 1.82) is 0 Å². The highest BCUT2D eigenvalue weighted by atomic mass is 16.2. The fraction of sp³-hybridized carbons (Fsp3) is 0.0526. The number of imide groups is 1. The lowest BCUT2D eigenvalue weighted by atomic mass is 10.1. The Morgan fingerprint density at radius 2 is 1.80 bits per heavy atom. The lowest BCUT2D eigenvalue weighted by Gasteiger charge is -2.08. The normalized spacial score (nSPS) is 13.2. The summed E-state index contributed by atoms with van der Waals surface area (Å²) in [4.78, 5) is 41.9. The lowest BCUT2D eigenvalue weighted by molar-refractivity contribution is 0.0692. The lowest BCUT2D eigenvalue weighted by Crippen LogP contribution is -2.24. The van der Waals surface area contributed by atoms with E-state index in [1.54, 1.807) is 36.5 Å². The number of rotatable bonds is 2. The summed E-state index contributed by atoms with van der Waals surface area (Å²) >= 11 is 0. The Morgan fingerprint density at radius 3 is 2.64 bits per heavy atom. The van der Waals surface area contributed by atoms with Crippen molar-refractivity contribution >= 4 is 34.3 Å². The van der Waals surface area contributed by atoms with Crippen LogP contribution in [-0.2, 0) is 0 Å². The zero-order valence-corrected chi connectivity index (χ0v) is 13.3. The largest absolute Gasteiger partial charge is 0.322 e. The number of fused-ring (bicyclic) bond motifs is 2. The number of anilines is 1. The molecule has 6 nitrogen and oxygen atoms in total. The third-order valence-electron chi connectivity index (χ3n) is 4.24. The Kier molecular flexibility index (Phi) is 3.32. The van der Waals surface area contributed by atoms with Crippen molar-refractivity contribution in [2.24, 2.45) is 0 Å². The van der Waals surface area contributed by atoms with E-state index in [1.165, 1.54) is 13.1 Å². The van der Waals surface area contributed by atoms with Gasteiger partial charge in [-0.05, 0) is 36.4 Å². The van der Waals surface area contributed by atoms with E-state index in [0.29, 0.717) is 22.4 Å². The first-order chi connectivity index (χ1) is 12.1. The monoisotopic (exact) mass is 331 g/mol. The second-order valence-corrected chi connectivity index (χ2v) is 5.76. The van der Waals surface area contributed by atoms with Crippen LogP contribution in [0.25, 0.3) is 10.9 Å². The van der Waals surface area contributed by atoms with Gasteiger partial charge in [0.25, 0.3) is 17.7 Å². The number of hydrogen-bond acceptors (Lipinski definition) is 4. The molecule has 4 rings (SSSR count). The van der Waals surface area contributed by atoms with Crippen molar-refractivity contribution in [3.8, 4) is 0 Å². The van der Waals surface area contributed by atoms with Crippen LogP contribution in [0.4, 0.5) is 5.69 Å². The highest BCUT2D eigenvalue weighted by molar-refractivity contribution is 6.22. The summed E-state index contributed by atoms with van der Waals surface area (Å²) in [7, 11) is 1.44. The van der Waals surface area contributed by atoms with Gasteiger partial charge in [-0.2, -0.15) is 0 Å². The van der Waals surface area contributed by atoms with Gasteiger partial charge < -0.3 is 5.32 Å². The maximum absolute atomic E-state index is 12.6. The molecule has 25 heavy (non-hydrogen) atoms. The van der Waals surface area contributed by atoms with Gasteiger partial charge in [0.15, 0.2) is 0 Å². The van der Waals surface area contributed by atoms with E-state index in [9.17, 15) is 14.4 Å². The molecule has 0 spiro atoms. The summed E-state index contributed by atoms with van der Waals surface area (Å²) < 4.78 is 0. The van der Waals surface area contributed by atoms with Crippen LogP contribution in [0, 0.1) is 0 Å². The van der Waals surface area contributed by atoms with Crippen molar-refractivity contribution in [2.75, 3.05) is 12.4 Å². The predicted octanol–water partition coefficient (Wildman–Crippen LogP) is 2.71. The van der Waals surface area contributed by atoms with E-state index in [4.69, 9.17) is 0 Å². The van der Waals surface area contributed by atoms with Crippen LogP contribution in [0.1, 0.15) is 31.1 Å². The van der Waals surface area contributed by atoms with E-state index in [-0.39, 0.29) is 17.7 Å². The number of nitrogens with one attached hydrogen (secondary N) is 1. The minimum absolute atomic E-state index is 0.296. The van der Waals surface area contributed by atoms with E-state index < -0.39 is 0 Å². The van der Waals surface area contributed by atoms with Gasteiger partial charge >= 0.3 is 0 Å². The molecule has 0 radical (unpaired) electrons. The molecular formula is C19H13N3O3. The summed E-state index contributed by atoms with van der Waals surface area (Å²) in [5.74, 6) is -1.01. The quantitative estimate of drug-likeness (QED) is 0.732. The number of amides is 3. The summed E-state index contributed by atoms with van der Waals surface area (Å²) in [5, 5.41) is 3.53. The molecular weight excluding hydrogens is 318 g/mol. The fourth-order valence-electron chi connectivity index (χ4n) is 2.94. The highest BCUT2D eigenvalue weighted by Crippen LogP contribution is 2.25. The molecule has 1 aliphatic rings. The molecule has 122 valence electrons. The van der Waals surface area contributed by atoms with E-state index in [0.717, 1.165) is 15.8 Å². The fourth-order valence-corrected chi connectivity index (χ4v) is 2.94. The number of carbonyl (C=O) groups excluding carboxylic acids is 3. The highest BCUT2D eigenvalue weighted by Gasteiger charge is 2.32.